The quantitative estimate of drug-likeness (QED) is 0.134. The molecule has 1 heterocycles. The van der Waals surface area contributed by atoms with Crippen LogP contribution in [0.4, 0.5) is 0 Å². The standard InChI is InChI=1S/C52H32O/c1-2-13-38-37(12-1)32-48(41-15-4-3-14-40(38)41)34-26-30-36(31-27-34)51-45-19-7-5-17-43(45)50(44-18-6-8-20-46(44)51)35-28-24-33(25-29-35)39-21-11-22-47-42-16-9-10-23-49(42)53-52(39)47/h1-32H. The average Bonchev–Trinajstić information content (AvgIpc) is 3.62. The molecule has 1 aromatic heterocycles. The lowest BCUT2D eigenvalue weighted by atomic mass is 9.85. The molecule has 53 heavy (non-hydrogen) atoms. The van der Waals surface area contributed by atoms with E-state index in [0.29, 0.717) is 0 Å². The van der Waals surface area contributed by atoms with Crippen molar-refractivity contribution in [2.75, 3.05) is 0 Å². The molecule has 1 nitrogen and oxygen atoms in total. The van der Waals surface area contributed by atoms with Gasteiger partial charge in [0.1, 0.15) is 11.2 Å². The van der Waals surface area contributed by atoms with E-state index in [9.17, 15) is 0 Å². The van der Waals surface area contributed by atoms with E-state index in [1.54, 1.807) is 0 Å². The Morgan fingerprint density at radius 1 is 0.264 bits per heavy atom. The van der Waals surface area contributed by atoms with Gasteiger partial charge in [-0.25, -0.2) is 0 Å². The molecular weight excluding hydrogens is 641 g/mol. The van der Waals surface area contributed by atoms with Gasteiger partial charge in [0, 0.05) is 16.3 Å². The Bertz CT molecular complexity index is 3140. The van der Waals surface area contributed by atoms with Crippen molar-refractivity contribution in [1.82, 2.24) is 0 Å². The highest BCUT2D eigenvalue weighted by Crippen LogP contribution is 2.45. The van der Waals surface area contributed by atoms with Crippen molar-refractivity contribution in [3.05, 3.63) is 194 Å². The van der Waals surface area contributed by atoms with Crippen LogP contribution in [0.5, 0.6) is 0 Å². The smallest absolute Gasteiger partial charge is 0.143 e. The highest BCUT2D eigenvalue weighted by molar-refractivity contribution is 6.22. The molecule has 11 rings (SSSR count). The number of rotatable bonds is 4. The molecule has 0 radical (unpaired) electrons. The summed E-state index contributed by atoms with van der Waals surface area (Å²) >= 11 is 0. The molecule has 0 bridgehead atoms. The lowest BCUT2D eigenvalue weighted by Crippen LogP contribution is -1.91. The summed E-state index contributed by atoms with van der Waals surface area (Å²) in [6.45, 7) is 0. The molecule has 246 valence electrons. The highest BCUT2D eigenvalue weighted by atomic mass is 16.3. The van der Waals surface area contributed by atoms with Crippen molar-refractivity contribution in [3.8, 4) is 44.5 Å². The molecule has 0 saturated heterocycles. The van der Waals surface area contributed by atoms with E-state index in [4.69, 9.17) is 4.42 Å². The molecule has 0 aliphatic rings. The summed E-state index contributed by atoms with van der Waals surface area (Å²) in [6, 6.07) is 70.5. The summed E-state index contributed by atoms with van der Waals surface area (Å²) < 4.78 is 6.39. The first kappa shape index (κ1) is 29.7. The van der Waals surface area contributed by atoms with Crippen molar-refractivity contribution < 1.29 is 4.42 Å². The van der Waals surface area contributed by atoms with Crippen molar-refractivity contribution in [2.45, 2.75) is 0 Å². The third-order valence-corrected chi connectivity index (χ3v) is 11.1. The van der Waals surface area contributed by atoms with E-state index in [2.05, 4.69) is 182 Å². The average molecular weight is 673 g/mol. The Labute approximate surface area is 307 Å². The molecule has 0 saturated carbocycles. The van der Waals surface area contributed by atoms with Crippen LogP contribution in [0.1, 0.15) is 0 Å². The number of fused-ring (bicyclic) bond motifs is 8. The van der Waals surface area contributed by atoms with Gasteiger partial charge in [-0.1, -0.05) is 182 Å². The van der Waals surface area contributed by atoms with Crippen molar-refractivity contribution >= 4 is 65.0 Å². The third kappa shape index (κ3) is 4.64. The minimum absolute atomic E-state index is 0.918. The molecule has 0 aliphatic heterocycles. The molecule has 11 aromatic rings. The SMILES string of the molecule is c1ccc2c(c1)cc(-c1ccc(-c3c4ccccc4c(-c4ccc(-c5cccc6c5oc5ccccc56)cc4)c4ccccc34)cc1)c1ccccc12. The van der Waals surface area contributed by atoms with Gasteiger partial charge in [0.2, 0.25) is 0 Å². The molecule has 0 aliphatic carbocycles. The van der Waals surface area contributed by atoms with Gasteiger partial charge in [-0.15, -0.1) is 0 Å². The summed E-state index contributed by atoms with van der Waals surface area (Å²) in [4.78, 5) is 0. The fraction of sp³-hybridized carbons (Fsp3) is 0. The van der Waals surface area contributed by atoms with Crippen LogP contribution < -0.4 is 0 Å². The Hall–Kier alpha value is -6.96. The molecule has 10 aromatic carbocycles. The Kier molecular flexibility index (Phi) is 6.62. The predicted octanol–water partition coefficient (Wildman–Crippen LogP) is 14.9. The molecule has 0 N–H and O–H groups in total. The number of furan rings is 1. The Morgan fingerprint density at radius 3 is 1.30 bits per heavy atom. The monoisotopic (exact) mass is 672 g/mol. The molecule has 0 unspecified atom stereocenters. The topological polar surface area (TPSA) is 13.1 Å². The van der Waals surface area contributed by atoms with Gasteiger partial charge in [-0.2, -0.15) is 0 Å². The third-order valence-electron chi connectivity index (χ3n) is 11.1. The number of hydrogen-bond donors (Lipinski definition) is 0. The Morgan fingerprint density at radius 2 is 0.698 bits per heavy atom. The first-order chi connectivity index (χ1) is 26.3. The van der Waals surface area contributed by atoms with Crippen LogP contribution in [0.2, 0.25) is 0 Å². The van der Waals surface area contributed by atoms with Crippen LogP contribution >= 0.6 is 0 Å². The minimum Gasteiger partial charge on any atom is -0.455 e. The maximum atomic E-state index is 6.39. The number of para-hydroxylation sites is 2. The fourth-order valence-electron chi connectivity index (χ4n) is 8.65. The van der Waals surface area contributed by atoms with Gasteiger partial charge in [0.25, 0.3) is 0 Å². The molecule has 0 fully saturated rings. The largest absolute Gasteiger partial charge is 0.455 e. The number of benzene rings is 10. The van der Waals surface area contributed by atoms with E-state index < -0.39 is 0 Å². The van der Waals surface area contributed by atoms with Gasteiger partial charge in [0.15, 0.2) is 0 Å². The molecule has 0 atom stereocenters. The normalized spacial score (nSPS) is 11.8. The van der Waals surface area contributed by atoms with Crippen LogP contribution in [-0.2, 0) is 0 Å². The highest BCUT2D eigenvalue weighted by Gasteiger charge is 2.18. The van der Waals surface area contributed by atoms with Gasteiger partial charge >= 0.3 is 0 Å². The van der Waals surface area contributed by atoms with E-state index in [-0.39, 0.29) is 0 Å². The molecular formula is C52H32O. The summed E-state index contributed by atoms with van der Waals surface area (Å²) in [7, 11) is 0. The first-order valence-corrected chi connectivity index (χ1v) is 18.3. The maximum Gasteiger partial charge on any atom is 0.143 e. The van der Waals surface area contributed by atoms with Crippen LogP contribution in [0.15, 0.2) is 199 Å². The minimum atomic E-state index is 0.918. The van der Waals surface area contributed by atoms with Crippen LogP contribution in [0.25, 0.3) is 110 Å². The summed E-state index contributed by atoms with van der Waals surface area (Å²) in [5.74, 6) is 0. The van der Waals surface area contributed by atoms with E-state index >= 15 is 0 Å². The van der Waals surface area contributed by atoms with E-state index in [1.165, 1.54) is 76.5 Å². The zero-order chi connectivity index (χ0) is 34.9. The summed E-state index contributed by atoms with van der Waals surface area (Å²) in [6.07, 6.45) is 0. The maximum absolute atomic E-state index is 6.39. The summed E-state index contributed by atoms with van der Waals surface area (Å²) in [5, 5.41) is 12.4. The second-order valence-corrected chi connectivity index (χ2v) is 14.0. The van der Waals surface area contributed by atoms with Gasteiger partial charge in [-0.3, -0.25) is 0 Å². The first-order valence-electron chi connectivity index (χ1n) is 18.3. The van der Waals surface area contributed by atoms with Gasteiger partial charge in [-0.05, 0) is 94.2 Å². The zero-order valence-corrected chi connectivity index (χ0v) is 28.9. The van der Waals surface area contributed by atoms with Crippen molar-refractivity contribution in [1.29, 1.82) is 0 Å². The van der Waals surface area contributed by atoms with Gasteiger partial charge < -0.3 is 4.42 Å². The second kappa shape index (κ2) is 11.8. The van der Waals surface area contributed by atoms with Gasteiger partial charge in [0.05, 0.1) is 0 Å². The zero-order valence-electron chi connectivity index (χ0n) is 28.9. The van der Waals surface area contributed by atoms with E-state index in [1.807, 2.05) is 12.1 Å². The Balaban J connectivity index is 1.05. The lowest BCUT2D eigenvalue weighted by Gasteiger charge is -2.18. The van der Waals surface area contributed by atoms with Crippen LogP contribution in [-0.4, -0.2) is 0 Å². The molecule has 1 heteroatoms. The van der Waals surface area contributed by atoms with Crippen LogP contribution in [0.3, 0.4) is 0 Å². The summed E-state index contributed by atoms with van der Waals surface area (Å²) in [5.41, 5.74) is 11.5. The van der Waals surface area contributed by atoms with E-state index in [0.717, 1.165) is 33.1 Å². The number of hydrogen-bond acceptors (Lipinski definition) is 1. The molecule has 0 amide bonds. The fourth-order valence-corrected chi connectivity index (χ4v) is 8.65. The second-order valence-electron chi connectivity index (χ2n) is 14.0. The van der Waals surface area contributed by atoms with Crippen molar-refractivity contribution in [3.63, 3.8) is 0 Å². The van der Waals surface area contributed by atoms with Crippen LogP contribution in [0, 0.1) is 0 Å². The lowest BCUT2D eigenvalue weighted by molar-refractivity contribution is 0.670. The molecule has 0 spiro atoms. The predicted molar refractivity (Wildman–Crippen MR) is 225 cm³/mol. The van der Waals surface area contributed by atoms with Crippen molar-refractivity contribution in [2.24, 2.45) is 0 Å².